The molecule has 6 nitrogen and oxygen atoms in total. The minimum absolute atomic E-state index is 0.0553. The maximum atomic E-state index is 13.0. The van der Waals surface area contributed by atoms with Gasteiger partial charge in [-0.15, -0.1) is 0 Å². The molecule has 0 aliphatic heterocycles. The Kier molecular flexibility index (Phi) is 4.09. The summed E-state index contributed by atoms with van der Waals surface area (Å²) in [6.07, 6.45) is 0. The van der Waals surface area contributed by atoms with Crippen LogP contribution in [0.4, 0.5) is 10.3 Å². The van der Waals surface area contributed by atoms with Crippen molar-refractivity contribution < 1.29 is 4.39 Å². The van der Waals surface area contributed by atoms with E-state index >= 15 is 0 Å². The van der Waals surface area contributed by atoms with Gasteiger partial charge in [-0.2, -0.15) is 5.10 Å². The maximum absolute atomic E-state index is 13.0. The normalized spacial score (nSPS) is 11.4. The molecule has 7 heteroatoms. The third-order valence-electron chi connectivity index (χ3n) is 3.94. The second-order valence-corrected chi connectivity index (χ2v) is 6.09. The summed E-state index contributed by atoms with van der Waals surface area (Å²) in [6, 6.07) is 6.17. The summed E-state index contributed by atoms with van der Waals surface area (Å²) in [5.74, 6) is 0.214. The van der Waals surface area contributed by atoms with Crippen molar-refractivity contribution in [3.8, 4) is 0 Å². The summed E-state index contributed by atoms with van der Waals surface area (Å²) in [6.45, 7) is 6.14. The highest BCUT2D eigenvalue weighted by Gasteiger charge is 2.18. The Morgan fingerprint density at radius 3 is 2.54 bits per heavy atom. The molecular formula is C17H20FN5O. The number of anilines is 1. The van der Waals surface area contributed by atoms with Crippen molar-refractivity contribution in [1.29, 1.82) is 0 Å². The Labute approximate surface area is 138 Å². The number of fused-ring (bicyclic) bond motifs is 1. The smallest absolute Gasteiger partial charge is 0.281 e. The lowest BCUT2D eigenvalue weighted by molar-refractivity contribution is 0.576. The van der Waals surface area contributed by atoms with Crippen LogP contribution in [0.2, 0.25) is 0 Å². The fourth-order valence-corrected chi connectivity index (χ4v) is 2.78. The van der Waals surface area contributed by atoms with Crippen LogP contribution in [0, 0.1) is 12.7 Å². The first-order chi connectivity index (χ1) is 11.4. The highest BCUT2D eigenvalue weighted by molar-refractivity contribution is 5.77. The van der Waals surface area contributed by atoms with E-state index in [0.717, 1.165) is 5.56 Å². The SMILES string of the molecule is Cc1nn(C)c2c(=O)n(C(C)C)c(NCc3ccc(F)cc3)nc12. The van der Waals surface area contributed by atoms with Crippen molar-refractivity contribution in [1.82, 2.24) is 19.3 Å². The summed E-state index contributed by atoms with van der Waals surface area (Å²) in [5.41, 5.74) is 2.59. The van der Waals surface area contributed by atoms with E-state index in [4.69, 9.17) is 0 Å². The molecular weight excluding hydrogens is 309 g/mol. The molecule has 0 aliphatic carbocycles. The van der Waals surface area contributed by atoms with Crippen molar-refractivity contribution in [2.45, 2.75) is 33.4 Å². The molecule has 1 aromatic carbocycles. The lowest BCUT2D eigenvalue weighted by Crippen LogP contribution is -2.27. The zero-order valence-corrected chi connectivity index (χ0v) is 14.2. The molecule has 0 atom stereocenters. The molecule has 2 aromatic heterocycles. The maximum Gasteiger partial charge on any atom is 0.281 e. The summed E-state index contributed by atoms with van der Waals surface area (Å²) in [5, 5.41) is 7.48. The molecule has 24 heavy (non-hydrogen) atoms. The Hall–Kier alpha value is -2.70. The molecule has 0 saturated heterocycles. The molecule has 0 bridgehead atoms. The van der Waals surface area contributed by atoms with Crippen LogP contribution < -0.4 is 10.9 Å². The Bertz CT molecular complexity index is 940. The van der Waals surface area contributed by atoms with Crippen LogP contribution in [0.1, 0.15) is 31.1 Å². The Morgan fingerprint density at radius 2 is 1.92 bits per heavy atom. The van der Waals surface area contributed by atoms with Crippen molar-refractivity contribution >= 4 is 17.0 Å². The van der Waals surface area contributed by atoms with Gasteiger partial charge in [0.05, 0.1) is 5.69 Å². The minimum atomic E-state index is -0.275. The minimum Gasteiger partial charge on any atom is -0.351 e. The van der Waals surface area contributed by atoms with Gasteiger partial charge in [0.15, 0.2) is 5.52 Å². The number of aryl methyl sites for hydroxylation is 2. The van der Waals surface area contributed by atoms with E-state index in [2.05, 4.69) is 15.4 Å². The van der Waals surface area contributed by atoms with Crippen molar-refractivity contribution in [3.05, 3.63) is 51.7 Å². The molecule has 0 unspecified atom stereocenters. The van der Waals surface area contributed by atoms with Crippen molar-refractivity contribution in [3.63, 3.8) is 0 Å². The van der Waals surface area contributed by atoms with Crippen LogP contribution in [0.25, 0.3) is 11.0 Å². The summed E-state index contributed by atoms with van der Waals surface area (Å²) >= 11 is 0. The molecule has 0 radical (unpaired) electrons. The molecule has 0 amide bonds. The van der Waals surface area contributed by atoms with Gasteiger partial charge >= 0.3 is 0 Å². The molecule has 2 heterocycles. The van der Waals surface area contributed by atoms with Gasteiger partial charge in [0.1, 0.15) is 11.3 Å². The number of aromatic nitrogens is 4. The van der Waals surface area contributed by atoms with E-state index in [1.54, 1.807) is 28.4 Å². The van der Waals surface area contributed by atoms with Crippen molar-refractivity contribution in [2.75, 3.05) is 5.32 Å². The van der Waals surface area contributed by atoms with E-state index in [1.165, 1.54) is 12.1 Å². The molecule has 3 rings (SSSR count). The fraction of sp³-hybridized carbons (Fsp3) is 0.353. The first kappa shape index (κ1) is 16.2. The van der Waals surface area contributed by atoms with Crippen LogP contribution in [0.3, 0.4) is 0 Å². The number of rotatable bonds is 4. The molecule has 3 aromatic rings. The van der Waals surface area contributed by atoms with Gasteiger partial charge in [0, 0.05) is 19.6 Å². The predicted molar refractivity (Wildman–Crippen MR) is 91.6 cm³/mol. The lowest BCUT2D eigenvalue weighted by Gasteiger charge is -2.17. The van der Waals surface area contributed by atoms with Gasteiger partial charge < -0.3 is 5.32 Å². The number of benzene rings is 1. The van der Waals surface area contributed by atoms with Crippen LogP contribution in [0.5, 0.6) is 0 Å². The van der Waals surface area contributed by atoms with Gasteiger partial charge in [-0.1, -0.05) is 12.1 Å². The average Bonchev–Trinajstić information content (AvgIpc) is 2.81. The number of hydrogen-bond donors (Lipinski definition) is 1. The second kappa shape index (κ2) is 6.07. The third-order valence-corrected chi connectivity index (χ3v) is 3.94. The average molecular weight is 329 g/mol. The third kappa shape index (κ3) is 2.77. The van der Waals surface area contributed by atoms with Crippen LogP contribution in [-0.2, 0) is 13.6 Å². The highest BCUT2D eigenvalue weighted by atomic mass is 19.1. The largest absolute Gasteiger partial charge is 0.351 e. The Balaban J connectivity index is 2.05. The quantitative estimate of drug-likeness (QED) is 0.799. The van der Waals surface area contributed by atoms with E-state index < -0.39 is 0 Å². The van der Waals surface area contributed by atoms with E-state index in [0.29, 0.717) is 29.2 Å². The zero-order valence-electron chi connectivity index (χ0n) is 14.2. The number of nitrogens with zero attached hydrogens (tertiary/aromatic N) is 4. The molecule has 0 saturated carbocycles. The molecule has 1 N–H and O–H groups in total. The monoisotopic (exact) mass is 329 g/mol. The summed E-state index contributed by atoms with van der Waals surface area (Å²) in [4.78, 5) is 17.5. The van der Waals surface area contributed by atoms with Gasteiger partial charge in [0.25, 0.3) is 5.56 Å². The first-order valence-electron chi connectivity index (χ1n) is 7.82. The fourth-order valence-electron chi connectivity index (χ4n) is 2.78. The zero-order chi connectivity index (χ0) is 17.4. The predicted octanol–water partition coefficient (Wildman–Crippen LogP) is 2.77. The summed E-state index contributed by atoms with van der Waals surface area (Å²) < 4.78 is 16.2. The van der Waals surface area contributed by atoms with Crippen molar-refractivity contribution in [2.24, 2.45) is 7.05 Å². The lowest BCUT2D eigenvalue weighted by atomic mass is 10.2. The first-order valence-corrected chi connectivity index (χ1v) is 7.82. The molecule has 0 aliphatic rings. The number of hydrogen-bond acceptors (Lipinski definition) is 4. The summed E-state index contributed by atoms with van der Waals surface area (Å²) in [7, 11) is 1.74. The van der Waals surface area contributed by atoms with Gasteiger partial charge in [-0.3, -0.25) is 14.0 Å². The van der Waals surface area contributed by atoms with Gasteiger partial charge in [0.2, 0.25) is 5.95 Å². The van der Waals surface area contributed by atoms with Gasteiger partial charge in [-0.25, -0.2) is 9.37 Å². The molecule has 0 fully saturated rings. The molecule has 0 spiro atoms. The van der Waals surface area contributed by atoms with Crippen LogP contribution in [-0.4, -0.2) is 19.3 Å². The van der Waals surface area contributed by atoms with E-state index in [1.807, 2.05) is 20.8 Å². The Morgan fingerprint density at radius 1 is 1.25 bits per heavy atom. The van der Waals surface area contributed by atoms with Crippen LogP contribution in [0.15, 0.2) is 29.1 Å². The topological polar surface area (TPSA) is 64.7 Å². The van der Waals surface area contributed by atoms with E-state index in [9.17, 15) is 9.18 Å². The van der Waals surface area contributed by atoms with E-state index in [-0.39, 0.29) is 17.4 Å². The van der Waals surface area contributed by atoms with Crippen LogP contribution >= 0.6 is 0 Å². The second-order valence-electron chi connectivity index (χ2n) is 6.09. The standard InChI is InChI=1S/C17H20FN5O/c1-10(2)23-16(24)15-14(11(3)21-22(15)4)20-17(23)19-9-12-5-7-13(18)8-6-12/h5-8,10H,9H2,1-4H3,(H,19,20). The number of halogens is 1. The highest BCUT2D eigenvalue weighted by Crippen LogP contribution is 2.18. The molecule has 126 valence electrons. The van der Waals surface area contributed by atoms with Gasteiger partial charge in [-0.05, 0) is 38.5 Å². The number of nitrogens with one attached hydrogen (secondary N) is 1.